The first-order chi connectivity index (χ1) is 9.18. The van der Waals surface area contributed by atoms with E-state index in [-0.39, 0.29) is 5.56 Å². The summed E-state index contributed by atoms with van der Waals surface area (Å²) in [5.41, 5.74) is -1.87. The molecule has 2 atom stereocenters. The molecule has 0 amide bonds. The van der Waals surface area contributed by atoms with Gasteiger partial charge in [-0.1, -0.05) is 0 Å². The second-order valence-corrected chi connectivity index (χ2v) is 4.24. The highest BCUT2D eigenvalue weighted by Gasteiger charge is 2.22. The lowest BCUT2D eigenvalue weighted by Gasteiger charge is -2.11. The number of carbonyl (C=O) groups is 1. The minimum Gasteiger partial charge on any atom is -0.494 e. The van der Waals surface area contributed by atoms with Gasteiger partial charge in [-0.15, -0.1) is 0 Å². The first kappa shape index (κ1) is 15.6. The van der Waals surface area contributed by atoms with Crippen molar-refractivity contribution in [3.05, 3.63) is 26.4 Å². The molecule has 0 saturated heterocycles. The SMILES string of the molecule is C[C@@H](O)[C@@H](N=Cc1c(O)n(C)c(=O)n(C)c1=O)C(=O)O. The zero-order chi connectivity index (χ0) is 15.6. The van der Waals surface area contributed by atoms with Crippen LogP contribution in [0.4, 0.5) is 0 Å². The lowest BCUT2D eigenvalue weighted by atomic mass is 10.2. The lowest BCUT2D eigenvalue weighted by Crippen LogP contribution is -2.39. The van der Waals surface area contributed by atoms with Crippen molar-refractivity contribution >= 4 is 12.2 Å². The van der Waals surface area contributed by atoms with Gasteiger partial charge in [-0.25, -0.2) is 9.59 Å². The molecule has 1 aromatic rings. The number of aliphatic hydroxyl groups is 1. The lowest BCUT2D eigenvalue weighted by molar-refractivity contribution is -0.140. The summed E-state index contributed by atoms with van der Waals surface area (Å²) < 4.78 is 1.57. The summed E-state index contributed by atoms with van der Waals surface area (Å²) in [6.45, 7) is 1.23. The third-order valence-corrected chi connectivity index (χ3v) is 2.74. The molecule has 0 spiro atoms. The highest BCUT2D eigenvalue weighted by atomic mass is 16.4. The van der Waals surface area contributed by atoms with Crippen LogP contribution < -0.4 is 11.2 Å². The number of aromatic nitrogens is 2. The van der Waals surface area contributed by atoms with E-state index in [0.29, 0.717) is 0 Å². The normalized spacial score (nSPS) is 14.4. The Balaban J connectivity index is 3.40. The molecule has 9 heteroatoms. The topological polar surface area (TPSA) is 134 Å². The molecule has 0 bridgehead atoms. The second-order valence-electron chi connectivity index (χ2n) is 4.24. The summed E-state index contributed by atoms with van der Waals surface area (Å²) in [6, 6.07) is -1.48. The molecule has 0 aliphatic heterocycles. The number of carboxylic acids is 1. The van der Waals surface area contributed by atoms with E-state index < -0.39 is 35.2 Å². The van der Waals surface area contributed by atoms with Gasteiger partial charge in [0.1, 0.15) is 5.56 Å². The molecule has 0 unspecified atom stereocenters. The minimum atomic E-state index is -1.48. The van der Waals surface area contributed by atoms with E-state index in [1.165, 1.54) is 21.0 Å². The van der Waals surface area contributed by atoms with Crippen LogP contribution in [0.5, 0.6) is 5.88 Å². The number of aliphatic imine (C=N–C) groups is 1. The fraction of sp³-hybridized carbons (Fsp3) is 0.455. The number of hydrogen-bond donors (Lipinski definition) is 3. The molecular weight excluding hydrogens is 270 g/mol. The first-order valence-corrected chi connectivity index (χ1v) is 5.61. The Hall–Kier alpha value is -2.42. The van der Waals surface area contributed by atoms with Crippen LogP contribution in [0.3, 0.4) is 0 Å². The third-order valence-electron chi connectivity index (χ3n) is 2.74. The molecule has 1 heterocycles. The predicted octanol–water partition coefficient (Wildman–Crippen LogP) is -1.96. The summed E-state index contributed by atoms with van der Waals surface area (Å²) in [7, 11) is 2.46. The van der Waals surface area contributed by atoms with Crippen molar-refractivity contribution in [3.63, 3.8) is 0 Å². The number of aliphatic carboxylic acids is 1. The van der Waals surface area contributed by atoms with Gasteiger partial charge in [-0.3, -0.25) is 18.9 Å². The average Bonchev–Trinajstić information content (AvgIpc) is 2.37. The fourth-order valence-electron chi connectivity index (χ4n) is 1.52. The van der Waals surface area contributed by atoms with Crippen LogP contribution in [0.25, 0.3) is 0 Å². The maximum atomic E-state index is 11.8. The van der Waals surface area contributed by atoms with Crippen molar-refractivity contribution in [2.45, 2.75) is 19.1 Å². The summed E-state index contributed by atoms with van der Waals surface area (Å²) in [5, 5.41) is 27.8. The van der Waals surface area contributed by atoms with E-state index in [2.05, 4.69) is 4.99 Å². The molecule has 0 aliphatic carbocycles. The molecule has 20 heavy (non-hydrogen) atoms. The van der Waals surface area contributed by atoms with Gasteiger partial charge in [0, 0.05) is 20.3 Å². The van der Waals surface area contributed by atoms with Crippen LogP contribution in [0.1, 0.15) is 12.5 Å². The number of aromatic hydroxyl groups is 1. The van der Waals surface area contributed by atoms with E-state index >= 15 is 0 Å². The molecule has 9 nitrogen and oxygen atoms in total. The number of hydrogen-bond acceptors (Lipinski definition) is 6. The molecule has 1 aromatic heterocycles. The summed E-state index contributed by atoms with van der Waals surface area (Å²) in [6.07, 6.45) is -0.440. The molecular formula is C11H15N3O6. The van der Waals surface area contributed by atoms with Gasteiger partial charge >= 0.3 is 11.7 Å². The Morgan fingerprint density at radius 1 is 1.30 bits per heavy atom. The zero-order valence-corrected chi connectivity index (χ0v) is 11.1. The van der Waals surface area contributed by atoms with Crippen LogP contribution in [-0.2, 0) is 18.9 Å². The van der Waals surface area contributed by atoms with Crippen LogP contribution in [0, 0.1) is 0 Å². The van der Waals surface area contributed by atoms with Crippen molar-refractivity contribution in [2.75, 3.05) is 0 Å². The number of nitrogens with zero attached hydrogens (tertiary/aromatic N) is 3. The van der Waals surface area contributed by atoms with Crippen LogP contribution in [0.2, 0.25) is 0 Å². The Morgan fingerprint density at radius 2 is 1.85 bits per heavy atom. The zero-order valence-electron chi connectivity index (χ0n) is 11.1. The Morgan fingerprint density at radius 3 is 2.30 bits per heavy atom. The third kappa shape index (κ3) is 2.77. The molecule has 3 N–H and O–H groups in total. The van der Waals surface area contributed by atoms with Gasteiger partial charge in [0.05, 0.1) is 6.10 Å². The maximum Gasteiger partial charge on any atom is 0.333 e. The van der Waals surface area contributed by atoms with Gasteiger partial charge < -0.3 is 15.3 Å². The van der Waals surface area contributed by atoms with Crippen molar-refractivity contribution in [1.82, 2.24) is 9.13 Å². The quantitative estimate of drug-likeness (QED) is 0.550. The van der Waals surface area contributed by atoms with E-state index in [9.17, 15) is 24.6 Å². The fourth-order valence-corrected chi connectivity index (χ4v) is 1.52. The largest absolute Gasteiger partial charge is 0.494 e. The number of rotatable bonds is 4. The van der Waals surface area contributed by atoms with E-state index in [4.69, 9.17) is 5.11 Å². The Kier molecular flexibility index (Phi) is 4.45. The summed E-state index contributed by atoms with van der Waals surface area (Å²) >= 11 is 0. The minimum absolute atomic E-state index is 0.332. The standard InChI is InChI=1S/C11H15N3O6/c1-5(15)7(10(18)19)12-4-6-8(16)13(2)11(20)14(3)9(6)17/h4-5,7,15-16H,1-3H3,(H,18,19)/t5-,7-/m1/s1. The van der Waals surface area contributed by atoms with E-state index in [0.717, 1.165) is 15.3 Å². The van der Waals surface area contributed by atoms with Gasteiger partial charge in [-0.2, -0.15) is 0 Å². The van der Waals surface area contributed by atoms with E-state index in [1.54, 1.807) is 0 Å². The molecule has 0 aliphatic rings. The summed E-state index contributed by atoms with van der Waals surface area (Å²) in [4.78, 5) is 37.7. The number of aliphatic hydroxyl groups excluding tert-OH is 1. The van der Waals surface area contributed by atoms with Crippen LogP contribution in [-0.4, -0.2) is 48.8 Å². The predicted molar refractivity (Wildman–Crippen MR) is 69.3 cm³/mol. The average molecular weight is 285 g/mol. The highest BCUT2D eigenvalue weighted by Crippen LogP contribution is 2.07. The van der Waals surface area contributed by atoms with Crippen molar-refractivity contribution in [2.24, 2.45) is 19.1 Å². The smallest absolute Gasteiger partial charge is 0.333 e. The molecule has 0 saturated carbocycles. The van der Waals surface area contributed by atoms with Gasteiger partial charge in [0.25, 0.3) is 5.56 Å². The summed E-state index contributed by atoms with van der Waals surface area (Å²) in [5.74, 6) is -2.01. The monoisotopic (exact) mass is 285 g/mol. The van der Waals surface area contributed by atoms with Gasteiger partial charge in [-0.05, 0) is 6.92 Å². The molecule has 0 radical (unpaired) electrons. The number of carboxylic acid groups (broad SMARTS) is 1. The maximum absolute atomic E-state index is 11.8. The first-order valence-electron chi connectivity index (χ1n) is 5.61. The molecule has 110 valence electrons. The van der Waals surface area contributed by atoms with Gasteiger partial charge in [0.15, 0.2) is 6.04 Å². The molecule has 0 fully saturated rings. The highest BCUT2D eigenvalue weighted by molar-refractivity contribution is 5.85. The molecule has 1 rings (SSSR count). The van der Waals surface area contributed by atoms with Gasteiger partial charge in [0.2, 0.25) is 5.88 Å². The van der Waals surface area contributed by atoms with E-state index in [1.807, 2.05) is 0 Å². The van der Waals surface area contributed by atoms with Crippen LogP contribution >= 0.6 is 0 Å². The van der Waals surface area contributed by atoms with Crippen LogP contribution in [0.15, 0.2) is 14.6 Å². The second kappa shape index (κ2) is 5.70. The molecule has 0 aromatic carbocycles. The Labute approximate surface area is 113 Å². The van der Waals surface area contributed by atoms with Crippen molar-refractivity contribution in [1.29, 1.82) is 0 Å². The Bertz CT molecular complexity index is 670. The van der Waals surface area contributed by atoms with Crippen molar-refractivity contribution in [3.8, 4) is 5.88 Å². The van der Waals surface area contributed by atoms with Crippen molar-refractivity contribution < 1.29 is 20.1 Å².